The number of rotatable bonds is 8. The zero-order valence-corrected chi connectivity index (χ0v) is 15.0. The molecule has 134 valence electrons. The van der Waals surface area contributed by atoms with Gasteiger partial charge in [0.2, 0.25) is 0 Å². The highest BCUT2D eigenvalue weighted by molar-refractivity contribution is 5.79. The molecule has 2 saturated heterocycles. The fraction of sp³-hybridized carbons (Fsp3) is 0.941. The van der Waals surface area contributed by atoms with Crippen LogP contribution in [0.25, 0.3) is 0 Å². The molecule has 0 aromatic rings. The summed E-state index contributed by atoms with van der Waals surface area (Å²) in [5.74, 6) is 1.45. The van der Waals surface area contributed by atoms with Crippen molar-refractivity contribution in [1.29, 1.82) is 0 Å². The van der Waals surface area contributed by atoms with E-state index < -0.39 is 0 Å². The van der Waals surface area contributed by atoms with Crippen LogP contribution in [0.1, 0.15) is 33.1 Å². The highest BCUT2D eigenvalue weighted by Gasteiger charge is 2.31. The Hall–Kier alpha value is -0.850. The summed E-state index contributed by atoms with van der Waals surface area (Å²) in [5, 5.41) is 6.71. The molecule has 0 radical (unpaired) electrons. The molecule has 2 atom stereocenters. The molecule has 0 aliphatic carbocycles. The lowest BCUT2D eigenvalue weighted by Gasteiger charge is -2.35. The maximum Gasteiger partial charge on any atom is 0.191 e. The molecule has 2 rings (SSSR count). The molecule has 0 aromatic heterocycles. The van der Waals surface area contributed by atoms with Gasteiger partial charge in [0, 0.05) is 45.9 Å². The Morgan fingerprint density at radius 3 is 3.04 bits per heavy atom. The van der Waals surface area contributed by atoms with E-state index in [-0.39, 0.29) is 6.10 Å². The van der Waals surface area contributed by atoms with E-state index in [9.17, 15) is 0 Å². The lowest BCUT2D eigenvalue weighted by Crippen LogP contribution is -2.51. The van der Waals surface area contributed by atoms with Gasteiger partial charge in [0.1, 0.15) is 0 Å². The largest absolute Gasteiger partial charge is 0.381 e. The third-order valence-corrected chi connectivity index (χ3v) is 4.39. The normalized spacial score (nSPS) is 25.7. The lowest BCUT2D eigenvalue weighted by molar-refractivity contribution is -0.0453. The molecular formula is C17H34N4O2. The number of hydrogen-bond donors (Lipinski definition) is 2. The quantitative estimate of drug-likeness (QED) is 0.397. The third-order valence-electron chi connectivity index (χ3n) is 4.39. The first-order valence-electron chi connectivity index (χ1n) is 9.07. The van der Waals surface area contributed by atoms with Crippen molar-refractivity contribution in [3.05, 3.63) is 0 Å². The van der Waals surface area contributed by atoms with Crippen molar-refractivity contribution in [2.75, 3.05) is 53.0 Å². The first-order chi connectivity index (χ1) is 11.2. The molecule has 2 aliphatic heterocycles. The van der Waals surface area contributed by atoms with Crippen molar-refractivity contribution in [3.63, 3.8) is 0 Å². The van der Waals surface area contributed by atoms with Crippen LogP contribution in [0.5, 0.6) is 0 Å². The fourth-order valence-corrected chi connectivity index (χ4v) is 3.14. The summed E-state index contributed by atoms with van der Waals surface area (Å²) in [5.41, 5.74) is 0. The van der Waals surface area contributed by atoms with Crippen LogP contribution >= 0.6 is 0 Å². The first kappa shape index (κ1) is 18.5. The van der Waals surface area contributed by atoms with Gasteiger partial charge in [-0.15, -0.1) is 0 Å². The van der Waals surface area contributed by atoms with Crippen LogP contribution in [0.3, 0.4) is 0 Å². The van der Waals surface area contributed by atoms with E-state index >= 15 is 0 Å². The van der Waals surface area contributed by atoms with Crippen LogP contribution in [0.4, 0.5) is 0 Å². The van der Waals surface area contributed by atoms with E-state index in [1.54, 1.807) is 0 Å². The molecule has 2 aliphatic rings. The van der Waals surface area contributed by atoms with Gasteiger partial charge in [0.15, 0.2) is 5.96 Å². The Kier molecular flexibility index (Phi) is 8.12. The number of hydrogen-bond acceptors (Lipinski definition) is 4. The van der Waals surface area contributed by atoms with E-state index in [2.05, 4.69) is 34.4 Å². The van der Waals surface area contributed by atoms with Gasteiger partial charge < -0.3 is 20.1 Å². The van der Waals surface area contributed by atoms with Crippen molar-refractivity contribution in [1.82, 2.24) is 15.5 Å². The third kappa shape index (κ3) is 6.65. The van der Waals surface area contributed by atoms with Crippen molar-refractivity contribution in [3.8, 4) is 0 Å². The number of morpholine rings is 1. The summed E-state index contributed by atoms with van der Waals surface area (Å²) in [6.45, 7) is 10.8. The van der Waals surface area contributed by atoms with Gasteiger partial charge in [-0.3, -0.25) is 9.89 Å². The van der Waals surface area contributed by atoms with Gasteiger partial charge in [-0.05, 0) is 31.7 Å². The lowest BCUT2D eigenvalue weighted by atomic mass is 10.2. The molecule has 2 heterocycles. The highest BCUT2D eigenvalue weighted by Crippen LogP contribution is 2.22. The molecule has 2 fully saturated rings. The zero-order valence-electron chi connectivity index (χ0n) is 15.0. The molecule has 2 N–H and O–H groups in total. The summed E-state index contributed by atoms with van der Waals surface area (Å²) in [6, 6.07) is 0.662. The predicted molar refractivity (Wildman–Crippen MR) is 94.0 cm³/mol. The van der Waals surface area contributed by atoms with Gasteiger partial charge in [-0.1, -0.05) is 13.8 Å². The topological polar surface area (TPSA) is 58.1 Å². The van der Waals surface area contributed by atoms with Crippen molar-refractivity contribution >= 4 is 5.96 Å². The Morgan fingerprint density at radius 1 is 1.39 bits per heavy atom. The van der Waals surface area contributed by atoms with E-state index in [1.807, 2.05) is 7.05 Å². The van der Waals surface area contributed by atoms with E-state index in [0.717, 1.165) is 51.8 Å². The summed E-state index contributed by atoms with van der Waals surface area (Å²) in [4.78, 5) is 6.84. The van der Waals surface area contributed by atoms with Crippen molar-refractivity contribution in [2.45, 2.75) is 45.3 Å². The van der Waals surface area contributed by atoms with Gasteiger partial charge in [0.05, 0.1) is 12.7 Å². The molecule has 0 spiro atoms. The van der Waals surface area contributed by atoms with Crippen LogP contribution in [0, 0.1) is 5.92 Å². The summed E-state index contributed by atoms with van der Waals surface area (Å²) in [6.07, 6.45) is 3.86. The van der Waals surface area contributed by atoms with E-state index in [0.29, 0.717) is 12.0 Å². The van der Waals surface area contributed by atoms with Crippen LogP contribution in [0.2, 0.25) is 0 Å². The number of nitrogens with one attached hydrogen (secondary N) is 2. The van der Waals surface area contributed by atoms with E-state index in [4.69, 9.17) is 9.47 Å². The molecule has 2 unspecified atom stereocenters. The molecular weight excluding hydrogens is 292 g/mol. The zero-order chi connectivity index (χ0) is 16.5. The number of ether oxygens (including phenoxy) is 2. The molecule has 0 amide bonds. The number of guanidine groups is 1. The van der Waals surface area contributed by atoms with Gasteiger partial charge in [-0.2, -0.15) is 0 Å². The molecule has 6 nitrogen and oxygen atoms in total. The Balaban J connectivity index is 1.54. The minimum Gasteiger partial charge on any atom is -0.381 e. The molecule has 0 bridgehead atoms. The van der Waals surface area contributed by atoms with Crippen molar-refractivity contribution in [2.24, 2.45) is 10.9 Å². The second-order valence-corrected chi connectivity index (χ2v) is 6.95. The first-order valence-corrected chi connectivity index (χ1v) is 9.07. The standard InChI is InChI=1S/C17H34N4O2/c1-14(2)12-22-9-5-7-19-17(18-3)20-10-16-11-21-8-4-6-15(21)13-23-16/h14-16H,4-13H2,1-3H3,(H2,18,19,20). The second-order valence-electron chi connectivity index (χ2n) is 6.95. The van der Waals surface area contributed by atoms with Crippen LogP contribution in [0.15, 0.2) is 4.99 Å². The molecule has 0 aromatic carbocycles. The molecule has 0 saturated carbocycles. The van der Waals surface area contributed by atoms with Gasteiger partial charge in [-0.25, -0.2) is 0 Å². The predicted octanol–water partition coefficient (Wildman–Crippen LogP) is 1.08. The molecule has 23 heavy (non-hydrogen) atoms. The van der Waals surface area contributed by atoms with E-state index in [1.165, 1.54) is 19.4 Å². The summed E-state index contributed by atoms with van der Waals surface area (Å²) < 4.78 is 11.5. The average molecular weight is 326 g/mol. The maximum atomic E-state index is 5.96. The Morgan fingerprint density at radius 2 is 2.26 bits per heavy atom. The highest BCUT2D eigenvalue weighted by atomic mass is 16.5. The van der Waals surface area contributed by atoms with Crippen LogP contribution in [-0.4, -0.2) is 76.1 Å². The van der Waals surface area contributed by atoms with Crippen LogP contribution < -0.4 is 10.6 Å². The Labute approximate surface area is 141 Å². The fourth-order valence-electron chi connectivity index (χ4n) is 3.14. The monoisotopic (exact) mass is 326 g/mol. The van der Waals surface area contributed by atoms with Crippen LogP contribution in [-0.2, 0) is 9.47 Å². The van der Waals surface area contributed by atoms with Crippen molar-refractivity contribution < 1.29 is 9.47 Å². The second kappa shape index (κ2) is 10.1. The minimum absolute atomic E-state index is 0.261. The molecule has 6 heteroatoms. The smallest absolute Gasteiger partial charge is 0.191 e. The average Bonchev–Trinajstić information content (AvgIpc) is 3.00. The van der Waals surface area contributed by atoms with Gasteiger partial charge >= 0.3 is 0 Å². The SMILES string of the molecule is CN=C(NCCCOCC(C)C)NCC1CN2CCCC2CO1. The number of aliphatic imine (C=N–C) groups is 1. The summed E-state index contributed by atoms with van der Waals surface area (Å²) >= 11 is 0. The summed E-state index contributed by atoms with van der Waals surface area (Å²) in [7, 11) is 1.81. The minimum atomic E-state index is 0.261. The maximum absolute atomic E-state index is 5.96. The number of nitrogens with zero attached hydrogens (tertiary/aromatic N) is 2. The number of fused-ring (bicyclic) bond motifs is 1. The Bertz CT molecular complexity index is 363. The van der Waals surface area contributed by atoms with Gasteiger partial charge in [0.25, 0.3) is 0 Å².